The molecule has 0 bridgehead atoms. The molecule has 2 amide bonds. The Morgan fingerprint density at radius 2 is 1.94 bits per heavy atom. The second-order valence-electron chi connectivity index (χ2n) is 7.45. The molecular weight excluding hydrogens is 453 g/mol. The lowest BCUT2D eigenvalue weighted by molar-refractivity contribution is -0.121. The van der Waals surface area contributed by atoms with Crippen LogP contribution in [0.5, 0.6) is 0 Å². The maximum atomic E-state index is 12.4. The summed E-state index contributed by atoms with van der Waals surface area (Å²) in [7, 11) is 0. The predicted octanol–water partition coefficient (Wildman–Crippen LogP) is 5.83. The van der Waals surface area contributed by atoms with Gasteiger partial charge in [0, 0.05) is 18.0 Å². The third kappa shape index (κ3) is 5.82. The van der Waals surface area contributed by atoms with Crippen LogP contribution in [-0.2, 0) is 9.59 Å². The molecule has 1 aliphatic heterocycles. The van der Waals surface area contributed by atoms with Crippen molar-refractivity contribution in [1.82, 2.24) is 5.32 Å². The minimum Gasteiger partial charge on any atom is -0.325 e. The van der Waals surface area contributed by atoms with Crippen molar-refractivity contribution in [2.24, 2.45) is 0 Å². The summed E-state index contributed by atoms with van der Waals surface area (Å²) in [5.74, 6) is -0.370. The van der Waals surface area contributed by atoms with Gasteiger partial charge in [-0.05, 0) is 35.2 Å². The highest BCUT2D eigenvalue weighted by Crippen LogP contribution is 2.36. The van der Waals surface area contributed by atoms with Crippen LogP contribution in [0.2, 0.25) is 10.0 Å². The average Bonchev–Trinajstić information content (AvgIpc) is 2.74. The monoisotopic (exact) mass is 473 g/mol. The molecule has 2 N–H and O–H groups in total. The SMILES string of the molecule is CC(C)c1ccc([C@@H]2CC(=O)NC(SCC(=O)Nc3ccc(Cl)c(Cl)c3)=C2C#N)cc1. The van der Waals surface area contributed by atoms with E-state index >= 15 is 0 Å². The van der Waals surface area contributed by atoms with E-state index in [0.29, 0.717) is 32.3 Å². The van der Waals surface area contributed by atoms with Crippen LogP contribution in [-0.4, -0.2) is 17.6 Å². The molecule has 3 rings (SSSR count). The molecule has 0 radical (unpaired) electrons. The van der Waals surface area contributed by atoms with E-state index in [4.69, 9.17) is 23.2 Å². The zero-order chi connectivity index (χ0) is 22.5. The predicted molar refractivity (Wildman–Crippen MR) is 126 cm³/mol. The Hall–Kier alpha value is -2.46. The van der Waals surface area contributed by atoms with Gasteiger partial charge in [0.25, 0.3) is 0 Å². The number of benzene rings is 2. The second-order valence-corrected chi connectivity index (χ2v) is 9.25. The van der Waals surface area contributed by atoms with Crippen LogP contribution < -0.4 is 10.6 Å². The number of amides is 2. The number of nitrogens with zero attached hydrogens (tertiary/aromatic N) is 1. The molecular formula is C23H21Cl2N3O2S. The van der Waals surface area contributed by atoms with Crippen LogP contribution in [0.15, 0.2) is 53.1 Å². The molecule has 5 nitrogen and oxygen atoms in total. The second kappa shape index (κ2) is 10.2. The van der Waals surface area contributed by atoms with Gasteiger partial charge in [-0.2, -0.15) is 5.26 Å². The third-order valence-electron chi connectivity index (χ3n) is 4.91. The Bertz CT molecular complexity index is 1080. The number of anilines is 1. The minimum absolute atomic E-state index is 0.0278. The van der Waals surface area contributed by atoms with Crippen LogP contribution in [0.4, 0.5) is 5.69 Å². The molecule has 1 aliphatic rings. The van der Waals surface area contributed by atoms with Crippen molar-refractivity contribution >= 4 is 52.5 Å². The standard InChI is InChI=1S/C23H21Cl2N3O2S/c1-13(2)14-3-5-15(6-4-14)17-10-21(29)28-23(18(17)11-26)31-12-22(30)27-16-7-8-19(24)20(25)9-16/h3-9,13,17H,10,12H2,1-2H3,(H,27,30)(H,28,29)/t17-/m0/s1. The van der Waals surface area contributed by atoms with Crippen LogP contribution >= 0.6 is 35.0 Å². The van der Waals surface area contributed by atoms with E-state index in [9.17, 15) is 14.9 Å². The number of halogens is 2. The molecule has 8 heteroatoms. The van der Waals surface area contributed by atoms with Gasteiger partial charge >= 0.3 is 0 Å². The van der Waals surface area contributed by atoms with E-state index in [1.165, 1.54) is 5.56 Å². The lowest BCUT2D eigenvalue weighted by atomic mass is 9.86. The first-order valence-corrected chi connectivity index (χ1v) is 11.4. The number of allylic oxidation sites excluding steroid dienone is 1. The average molecular weight is 474 g/mol. The van der Waals surface area contributed by atoms with Gasteiger partial charge < -0.3 is 10.6 Å². The van der Waals surface area contributed by atoms with Crippen molar-refractivity contribution in [3.63, 3.8) is 0 Å². The molecule has 0 aliphatic carbocycles. The fraction of sp³-hybridized carbons (Fsp3) is 0.261. The molecule has 1 heterocycles. The van der Waals surface area contributed by atoms with Crippen molar-refractivity contribution in [3.05, 3.63) is 74.2 Å². The summed E-state index contributed by atoms with van der Waals surface area (Å²) in [6, 6.07) is 15.0. The molecule has 2 aromatic carbocycles. The van der Waals surface area contributed by atoms with Gasteiger partial charge in [0.15, 0.2) is 0 Å². The van der Waals surface area contributed by atoms with Crippen LogP contribution in [0.3, 0.4) is 0 Å². The van der Waals surface area contributed by atoms with Crippen molar-refractivity contribution in [2.45, 2.75) is 32.1 Å². The van der Waals surface area contributed by atoms with Gasteiger partial charge in [0.05, 0.1) is 32.5 Å². The Labute approximate surface area is 195 Å². The third-order valence-corrected chi connectivity index (χ3v) is 6.67. The Morgan fingerprint density at radius 1 is 1.23 bits per heavy atom. The van der Waals surface area contributed by atoms with E-state index in [1.807, 2.05) is 24.3 Å². The highest BCUT2D eigenvalue weighted by molar-refractivity contribution is 8.03. The number of carbonyl (C=O) groups is 2. The van der Waals surface area contributed by atoms with E-state index < -0.39 is 0 Å². The highest BCUT2D eigenvalue weighted by Gasteiger charge is 2.30. The van der Waals surface area contributed by atoms with Gasteiger partial charge in [-0.1, -0.05) is 73.1 Å². The maximum Gasteiger partial charge on any atom is 0.234 e. The minimum atomic E-state index is -0.333. The van der Waals surface area contributed by atoms with Crippen molar-refractivity contribution in [3.8, 4) is 6.07 Å². The molecule has 31 heavy (non-hydrogen) atoms. The van der Waals surface area contributed by atoms with Crippen LogP contribution in [0.1, 0.15) is 43.2 Å². The molecule has 0 saturated carbocycles. The van der Waals surface area contributed by atoms with Crippen molar-refractivity contribution in [1.29, 1.82) is 5.26 Å². The Balaban J connectivity index is 1.74. The van der Waals surface area contributed by atoms with Crippen molar-refractivity contribution in [2.75, 3.05) is 11.1 Å². The first-order chi connectivity index (χ1) is 14.8. The molecule has 0 saturated heterocycles. The molecule has 0 unspecified atom stereocenters. The van der Waals surface area contributed by atoms with Gasteiger partial charge in [0.2, 0.25) is 11.8 Å². The zero-order valence-electron chi connectivity index (χ0n) is 17.0. The van der Waals surface area contributed by atoms with Crippen LogP contribution in [0, 0.1) is 11.3 Å². The summed E-state index contributed by atoms with van der Waals surface area (Å²) >= 11 is 13.0. The summed E-state index contributed by atoms with van der Waals surface area (Å²) < 4.78 is 0. The normalized spacial score (nSPS) is 16.1. The number of nitrogens with one attached hydrogen (secondary N) is 2. The largest absolute Gasteiger partial charge is 0.325 e. The summed E-state index contributed by atoms with van der Waals surface area (Å²) in [5.41, 5.74) is 3.09. The fourth-order valence-corrected chi connectivity index (χ4v) is 4.41. The quantitative estimate of drug-likeness (QED) is 0.552. The van der Waals surface area contributed by atoms with E-state index in [-0.39, 0.29) is 29.9 Å². The number of hydrogen-bond acceptors (Lipinski definition) is 4. The highest BCUT2D eigenvalue weighted by atomic mass is 35.5. The first kappa shape index (κ1) is 23.2. The van der Waals surface area contributed by atoms with Crippen molar-refractivity contribution < 1.29 is 9.59 Å². The maximum absolute atomic E-state index is 12.4. The number of rotatable bonds is 6. The molecule has 0 fully saturated rings. The zero-order valence-corrected chi connectivity index (χ0v) is 19.4. The van der Waals surface area contributed by atoms with E-state index in [0.717, 1.165) is 17.3 Å². The molecule has 0 aromatic heterocycles. The first-order valence-electron chi connectivity index (χ1n) is 9.70. The summed E-state index contributed by atoms with van der Waals surface area (Å²) in [4.78, 5) is 24.7. The summed E-state index contributed by atoms with van der Waals surface area (Å²) in [6.07, 6.45) is 0.198. The van der Waals surface area contributed by atoms with Gasteiger partial charge in [-0.25, -0.2) is 0 Å². The number of thioether (sulfide) groups is 1. The number of hydrogen-bond donors (Lipinski definition) is 2. The molecule has 0 spiro atoms. The Morgan fingerprint density at radius 3 is 2.55 bits per heavy atom. The van der Waals surface area contributed by atoms with Crippen LogP contribution in [0.25, 0.3) is 0 Å². The molecule has 2 aromatic rings. The van der Waals surface area contributed by atoms with E-state index in [1.54, 1.807) is 18.2 Å². The molecule has 1 atom stereocenters. The Kier molecular flexibility index (Phi) is 7.66. The lowest BCUT2D eigenvalue weighted by Gasteiger charge is -2.25. The fourth-order valence-electron chi connectivity index (χ4n) is 3.24. The topological polar surface area (TPSA) is 82.0 Å². The smallest absolute Gasteiger partial charge is 0.234 e. The lowest BCUT2D eigenvalue weighted by Crippen LogP contribution is -2.31. The van der Waals surface area contributed by atoms with Gasteiger partial charge in [-0.15, -0.1) is 0 Å². The number of nitriles is 1. The summed E-state index contributed by atoms with van der Waals surface area (Å²) in [5, 5.41) is 16.4. The van der Waals surface area contributed by atoms with E-state index in [2.05, 4.69) is 30.6 Å². The van der Waals surface area contributed by atoms with Gasteiger partial charge in [-0.3, -0.25) is 9.59 Å². The molecule has 160 valence electrons. The summed E-state index contributed by atoms with van der Waals surface area (Å²) in [6.45, 7) is 4.23. The number of carbonyl (C=O) groups excluding carboxylic acids is 2. The van der Waals surface area contributed by atoms with Gasteiger partial charge in [0.1, 0.15) is 0 Å².